The average molecular weight is 246 g/mol. The van der Waals surface area contributed by atoms with E-state index in [-0.39, 0.29) is 17.5 Å². The van der Waals surface area contributed by atoms with E-state index in [2.05, 4.69) is 43.5 Å². The fourth-order valence-corrected chi connectivity index (χ4v) is 2.15. The molecule has 1 aliphatic rings. The molecule has 1 atom stereocenters. The molecule has 0 spiro atoms. The van der Waals surface area contributed by atoms with Crippen molar-refractivity contribution in [2.75, 3.05) is 0 Å². The van der Waals surface area contributed by atoms with Crippen molar-refractivity contribution in [3.63, 3.8) is 0 Å². The van der Waals surface area contributed by atoms with Crippen LogP contribution in [0.25, 0.3) is 0 Å². The number of hydrogen-bond donors (Lipinski definition) is 2. The molecule has 3 heteroatoms. The van der Waals surface area contributed by atoms with Crippen LogP contribution < -0.4 is 10.6 Å². The highest BCUT2D eigenvalue weighted by molar-refractivity contribution is 5.83. The van der Waals surface area contributed by atoms with Crippen LogP contribution in [0, 0.1) is 0 Å². The van der Waals surface area contributed by atoms with E-state index in [1.54, 1.807) is 0 Å². The van der Waals surface area contributed by atoms with Crippen molar-refractivity contribution in [1.82, 2.24) is 10.6 Å². The summed E-state index contributed by atoms with van der Waals surface area (Å²) in [6, 6.07) is 8.20. The van der Waals surface area contributed by atoms with E-state index in [1.807, 2.05) is 12.1 Å². The molecule has 0 aliphatic carbocycles. The van der Waals surface area contributed by atoms with Crippen LogP contribution in [0.4, 0.5) is 0 Å². The summed E-state index contributed by atoms with van der Waals surface area (Å²) < 4.78 is 0. The number of hydrogen-bond acceptors (Lipinski definition) is 2. The molecular weight excluding hydrogens is 224 g/mol. The van der Waals surface area contributed by atoms with E-state index < -0.39 is 0 Å². The fraction of sp³-hybridized carbons (Fsp3) is 0.533. The van der Waals surface area contributed by atoms with Gasteiger partial charge in [-0.2, -0.15) is 0 Å². The summed E-state index contributed by atoms with van der Waals surface area (Å²) in [5.41, 5.74) is 2.46. The van der Waals surface area contributed by atoms with Gasteiger partial charge in [0.25, 0.3) is 0 Å². The summed E-state index contributed by atoms with van der Waals surface area (Å²) in [7, 11) is 0. The number of fused-ring (bicyclic) bond motifs is 1. The Hall–Kier alpha value is -1.35. The van der Waals surface area contributed by atoms with Gasteiger partial charge in [0.1, 0.15) is 0 Å². The van der Waals surface area contributed by atoms with Gasteiger partial charge in [-0.1, -0.05) is 31.2 Å². The molecule has 0 radical (unpaired) electrons. The Labute approximate surface area is 109 Å². The molecule has 1 amide bonds. The molecule has 3 nitrogen and oxygen atoms in total. The third kappa shape index (κ3) is 2.91. The normalized spacial score (nSPS) is 19.2. The van der Waals surface area contributed by atoms with Crippen LogP contribution in [0.15, 0.2) is 24.3 Å². The molecule has 0 saturated carbocycles. The van der Waals surface area contributed by atoms with Gasteiger partial charge in [0.15, 0.2) is 0 Å². The lowest BCUT2D eigenvalue weighted by molar-refractivity contribution is -0.125. The van der Waals surface area contributed by atoms with Gasteiger partial charge in [-0.25, -0.2) is 0 Å². The molecular formula is C15H22N2O. The zero-order valence-corrected chi connectivity index (χ0v) is 11.4. The minimum atomic E-state index is -0.129. The first-order valence-corrected chi connectivity index (χ1v) is 6.64. The molecule has 98 valence electrons. The first-order chi connectivity index (χ1) is 8.52. The molecule has 18 heavy (non-hydrogen) atoms. The van der Waals surface area contributed by atoms with Crippen LogP contribution in [0.1, 0.15) is 38.3 Å². The van der Waals surface area contributed by atoms with Crippen molar-refractivity contribution >= 4 is 5.91 Å². The molecule has 0 unspecified atom stereocenters. The highest BCUT2D eigenvalue weighted by Gasteiger charge is 2.27. The highest BCUT2D eigenvalue weighted by atomic mass is 16.2. The highest BCUT2D eigenvalue weighted by Crippen LogP contribution is 2.17. The maximum Gasteiger partial charge on any atom is 0.237 e. The van der Waals surface area contributed by atoms with Gasteiger partial charge in [0.2, 0.25) is 5.91 Å². The van der Waals surface area contributed by atoms with Gasteiger partial charge >= 0.3 is 0 Å². The summed E-state index contributed by atoms with van der Waals surface area (Å²) in [4.78, 5) is 12.2. The Morgan fingerprint density at radius 3 is 2.72 bits per heavy atom. The van der Waals surface area contributed by atoms with E-state index in [0.29, 0.717) is 0 Å². The van der Waals surface area contributed by atoms with Crippen molar-refractivity contribution in [1.29, 1.82) is 0 Å². The number of carbonyl (C=O) groups is 1. The Morgan fingerprint density at radius 1 is 1.39 bits per heavy atom. The third-order valence-electron chi connectivity index (χ3n) is 3.74. The van der Waals surface area contributed by atoms with Crippen molar-refractivity contribution in [2.24, 2.45) is 0 Å². The van der Waals surface area contributed by atoms with Crippen molar-refractivity contribution in [3.8, 4) is 0 Å². The summed E-state index contributed by atoms with van der Waals surface area (Å²) in [6.07, 6.45) is 1.71. The molecule has 0 bridgehead atoms. The van der Waals surface area contributed by atoms with Gasteiger partial charge in [0, 0.05) is 12.1 Å². The first kappa shape index (κ1) is 13.1. The number of amides is 1. The molecule has 2 rings (SSSR count). The number of rotatable bonds is 3. The lowest BCUT2D eigenvalue weighted by Crippen LogP contribution is -2.53. The molecule has 1 aromatic rings. The van der Waals surface area contributed by atoms with Crippen molar-refractivity contribution in [2.45, 2.75) is 51.7 Å². The van der Waals surface area contributed by atoms with Gasteiger partial charge in [-0.05, 0) is 37.8 Å². The lowest BCUT2D eigenvalue weighted by atomic mass is 9.94. The minimum absolute atomic E-state index is 0.106. The van der Waals surface area contributed by atoms with Gasteiger partial charge in [-0.15, -0.1) is 0 Å². The van der Waals surface area contributed by atoms with E-state index >= 15 is 0 Å². The third-order valence-corrected chi connectivity index (χ3v) is 3.74. The molecule has 1 aromatic carbocycles. The predicted molar refractivity (Wildman–Crippen MR) is 73.3 cm³/mol. The molecule has 1 heterocycles. The maximum atomic E-state index is 12.2. The smallest absolute Gasteiger partial charge is 0.237 e. The Balaban J connectivity index is 2.03. The SMILES string of the molecule is CCC(C)(C)NC(=O)[C@@H]1Cc2ccccc2CN1. The second kappa shape index (κ2) is 5.11. The monoisotopic (exact) mass is 246 g/mol. The number of carbonyl (C=O) groups excluding carboxylic acids is 1. The molecule has 2 N–H and O–H groups in total. The Bertz CT molecular complexity index is 440. The quantitative estimate of drug-likeness (QED) is 0.856. The number of benzene rings is 1. The minimum Gasteiger partial charge on any atom is -0.350 e. The standard InChI is InChI=1S/C15H22N2O/c1-4-15(2,3)17-14(18)13-9-11-7-5-6-8-12(11)10-16-13/h5-8,13,16H,4,9-10H2,1-3H3,(H,17,18)/t13-/m0/s1. The molecule has 1 aliphatic heterocycles. The van der Waals surface area contributed by atoms with E-state index in [4.69, 9.17) is 0 Å². The summed E-state index contributed by atoms with van der Waals surface area (Å²) in [5.74, 6) is 0.108. The zero-order chi connectivity index (χ0) is 13.2. The Morgan fingerprint density at radius 2 is 2.06 bits per heavy atom. The van der Waals surface area contributed by atoms with E-state index in [9.17, 15) is 4.79 Å². The molecule has 0 saturated heterocycles. The van der Waals surface area contributed by atoms with Crippen LogP contribution in [0.5, 0.6) is 0 Å². The van der Waals surface area contributed by atoms with Crippen LogP contribution in [0.3, 0.4) is 0 Å². The first-order valence-electron chi connectivity index (χ1n) is 6.64. The second-order valence-corrected chi connectivity index (χ2v) is 5.63. The summed E-state index contributed by atoms with van der Waals surface area (Å²) in [5, 5.41) is 6.41. The topological polar surface area (TPSA) is 41.1 Å². The fourth-order valence-electron chi connectivity index (χ4n) is 2.15. The molecule has 0 fully saturated rings. The molecule has 0 aromatic heterocycles. The second-order valence-electron chi connectivity index (χ2n) is 5.63. The van der Waals surface area contributed by atoms with Crippen molar-refractivity contribution in [3.05, 3.63) is 35.4 Å². The summed E-state index contributed by atoms with van der Waals surface area (Å²) in [6.45, 7) is 6.98. The van der Waals surface area contributed by atoms with Gasteiger partial charge in [-0.3, -0.25) is 4.79 Å². The Kier molecular flexibility index (Phi) is 3.71. The van der Waals surface area contributed by atoms with Crippen LogP contribution in [0.2, 0.25) is 0 Å². The van der Waals surface area contributed by atoms with Gasteiger partial charge < -0.3 is 10.6 Å². The summed E-state index contributed by atoms with van der Waals surface area (Å²) >= 11 is 0. The van der Waals surface area contributed by atoms with Gasteiger partial charge in [0.05, 0.1) is 6.04 Å². The number of nitrogens with one attached hydrogen (secondary N) is 2. The van der Waals surface area contributed by atoms with Crippen LogP contribution >= 0.6 is 0 Å². The van der Waals surface area contributed by atoms with E-state index in [0.717, 1.165) is 19.4 Å². The van der Waals surface area contributed by atoms with Crippen LogP contribution in [-0.4, -0.2) is 17.5 Å². The predicted octanol–water partition coefficient (Wildman–Crippen LogP) is 2.01. The maximum absolute atomic E-state index is 12.2. The zero-order valence-electron chi connectivity index (χ0n) is 11.4. The van der Waals surface area contributed by atoms with E-state index in [1.165, 1.54) is 11.1 Å². The average Bonchev–Trinajstić information content (AvgIpc) is 2.37. The largest absolute Gasteiger partial charge is 0.350 e. The lowest BCUT2D eigenvalue weighted by Gasteiger charge is -2.30. The van der Waals surface area contributed by atoms with Crippen molar-refractivity contribution < 1.29 is 4.79 Å². The van der Waals surface area contributed by atoms with Crippen LogP contribution in [-0.2, 0) is 17.8 Å².